The van der Waals surface area contributed by atoms with Gasteiger partial charge in [0.2, 0.25) is 0 Å². The Morgan fingerprint density at radius 2 is 1.74 bits per heavy atom. The second-order valence-electron chi connectivity index (χ2n) is 4.94. The highest BCUT2D eigenvalue weighted by Crippen LogP contribution is 2.19. The van der Waals surface area contributed by atoms with Gasteiger partial charge < -0.3 is 5.32 Å². The summed E-state index contributed by atoms with van der Waals surface area (Å²) in [6.07, 6.45) is 0. The molecule has 0 fully saturated rings. The fraction of sp³-hybridized carbons (Fsp3) is 0.333. The Hall–Kier alpha value is -1.39. The van der Waals surface area contributed by atoms with Gasteiger partial charge >= 0.3 is 0 Å². The Labute approximate surface area is 114 Å². The first-order chi connectivity index (χ1) is 8.99. The van der Waals surface area contributed by atoms with Crippen molar-refractivity contribution in [1.29, 1.82) is 0 Å². The zero-order valence-electron chi connectivity index (χ0n) is 11.3. The molecule has 0 saturated heterocycles. The van der Waals surface area contributed by atoms with Crippen LogP contribution in [-0.2, 0) is 9.84 Å². The number of nitrogens with one attached hydrogen (secondary N) is 1. The van der Waals surface area contributed by atoms with E-state index in [2.05, 4.69) is 5.32 Å². The maximum Gasteiger partial charge on any atom is 0.179 e. The summed E-state index contributed by atoms with van der Waals surface area (Å²) in [6.45, 7) is 4.48. The van der Waals surface area contributed by atoms with Gasteiger partial charge in [-0.05, 0) is 22.9 Å². The summed E-state index contributed by atoms with van der Waals surface area (Å²) in [7, 11) is -3.21. The van der Waals surface area contributed by atoms with Gasteiger partial charge in [0.1, 0.15) is 0 Å². The SMILES string of the molecule is CC(C)NCCS(=O)(=O)c1ccc2ccccc2c1. The fourth-order valence-corrected chi connectivity index (χ4v) is 3.16. The molecule has 0 aliphatic heterocycles. The lowest BCUT2D eigenvalue weighted by atomic mass is 10.1. The quantitative estimate of drug-likeness (QED) is 0.914. The van der Waals surface area contributed by atoms with Gasteiger partial charge in [0.15, 0.2) is 9.84 Å². The highest BCUT2D eigenvalue weighted by molar-refractivity contribution is 7.91. The average Bonchev–Trinajstić information content (AvgIpc) is 2.37. The Bertz CT molecular complexity index is 663. The summed E-state index contributed by atoms with van der Waals surface area (Å²) in [5.41, 5.74) is 0. The van der Waals surface area contributed by atoms with E-state index in [9.17, 15) is 8.42 Å². The van der Waals surface area contributed by atoms with Crippen molar-refractivity contribution in [2.45, 2.75) is 24.8 Å². The maximum atomic E-state index is 12.2. The van der Waals surface area contributed by atoms with Crippen LogP contribution in [0.4, 0.5) is 0 Å². The van der Waals surface area contributed by atoms with Crippen LogP contribution in [0.5, 0.6) is 0 Å². The lowest BCUT2D eigenvalue weighted by Gasteiger charge is -2.09. The molecular weight excluding hydrogens is 258 g/mol. The molecule has 0 unspecified atom stereocenters. The standard InChI is InChI=1S/C15H19NO2S/c1-12(2)16-9-10-19(17,18)15-8-7-13-5-3-4-6-14(13)11-15/h3-8,11-12,16H,9-10H2,1-2H3. The molecule has 0 saturated carbocycles. The van der Waals surface area contributed by atoms with E-state index < -0.39 is 9.84 Å². The predicted molar refractivity (Wildman–Crippen MR) is 79.1 cm³/mol. The van der Waals surface area contributed by atoms with Crippen LogP contribution in [0.15, 0.2) is 47.4 Å². The van der Waals surface area contributed by atoms with Crippen LogP contribution < -0.4 is 5.32 Å². The van der Waals surface area contributed by atoms with Gasteiger partial charge in [0.25, 0.3) is 0 Å². The molecule has 3 nitrogen and oxygen atoms in total. The summed E-state index contributed by atoms with van der Waals surface area (Å²) in [5.74, 6) is 0.128. The van der Waals surface area contributed by atoms with E-state index >= 15 is 0 Å². The molecule has 2 aromatic rings. The van der Waals surface area contributed by atoms with Crippen molar-refractivity contribution in [3.63, 3.8) is 0 Å². The lowest BCUT2D eigenvalue weighted by Crippen LogP contribution is -2.28. The van der Waals surface area contributed by atoms with Gasteiger partial charge in [0, 0.05) is 12.6 Å². The molecule has 2 rings (SSSR count). The van der Waals surface area contributed by atoms with Crippen LogP contribution in [0.2, 0.25) is 0 Å². The smallest absolute Gasteiger partial charge is 0.179 e. The van der Waals surface area contributed by atoms with Gasteiger partial charge in [-0.2, -0.15) is 0 Å². The van der Waals surface area contributed by atoms with Gasteiger partial charge in [-0.1, -0.05) is 44.2 Å². The number of hydrogen-bond donors (Lipinski definition) is 1. The van der Waals surface area contributed by atoms with E-state index in [0.717, 1.165) is 10.8 Å². The molecule has 0 radical (unpaired) electrons. The monoisotopic (exact) mass is 277 g/mol. The number of sulfone groups is 1. The minimum atomic E-state index is -3.21. The summed E-state index contributed by atoms with van der Waals surface area (Å²) in [6, 6.07) is 13.4. The van der Waals surface area contributed by atoms with Crippen molar-refractivity contribution in [2.24, 2.45) is 0 Å². The predicted octanol–water partition coefficient (Wildman–Crippen LogP) is 2.61. The van der Waals surface area contributed by atoms with Gasteiger partial charge in [0.05, 0.1) is 10.6 Å². The first kappa shape index (κ1) is 14.0. The van der Waals surface area contributed by atoms with E-state index in [1.54, 1.807) is 12.1 Å². The topological polar surface area (TPSA) is 46.2 Å². The third kappa shape index (κ3) is 3.55. The van der Waals surface area contributed by atoms with Crippen LogP contribution >= 0.6 is 0 Å². The molecule has 1 N–H and O–H groups in total. The third-order valence-corrected chi connectivity index (χ3v) is 4.72. The number of rotatable bonds is 5. The fourth-order valence-electron chi connectivity index (χ4n) is 1.96. The zero-order valence-corrected chi connectivity index (χ0v) is 12.1. The summed E-state index contributed by atoms with van der Waals surface area (Å²) in [4.78, 5) is 0.400. The van der Waals surface area contributed by atoms with Crippen LogP contribution in [0.3, 0.4) is 0 Å². The molecule has 0 spiro atoms. The first-order valence-corrected chi connectivity index (χ1v) is 8.09. The van der Waals surface area contributed by atoms with E-state index in [1.807, 2.05) is 44.2 Å². The highest BCUT2D eigenvalue weighted by atomic mass is 32.2. The zero-order chi connectivity index (χ0) is 13.9. The second-order valence-corrected chi connectivity index (χ2v) is 7.05. The van der Waals surface area contributed by atoms with Crippen molar-refractivity contribution in [2.75, 3.05) is 12.3 Å². The van der Waals surface area contributed by atoms with Crippen molar-refractivity contribution in [3.8, 4) is 0 Å². The maximum absolute atomic E-state index is 12.2. The molecule has 0 atom stereocenters. The third-order valence-electron chi connectivity index (χ3n) is 3.00. The Kier molecular flexibility index (Phi) is 4.22. The number of hydrogen-bond acceptors (Lipinski definition) is 3. The molecule has 0 amide bonds. The Morgan fingerprint density at radius 1 is 1.05 bits per heavy atom. The molecule has 0 heterocycles. The second kappa shape index (κ2) is 5.72. The molecule has 19 heavy (non-hydrogen) atoms. The first-order valence-electron chi connectivity index (χ1n) is 6.44. The number of fused-ring (bicyclic) bond motifs is 1. The van der Waals surface area contributed by atoms with E-state index in [4.69, 9.17) is 0 Å². The molecule has 0 aromatic heterocycles. The molecule has 4 heteroatoms. The minimum absolute atomic E-state index is 0.128. The van der Waals surface area contributed by atoms with Gasteiger partial charge in [-0.15, -0.1) is 0 Å². The summed E-state index contributed by atoms with van der Waals surface area (Å²) in [5, 5.41) is 5.15. The van der Waals surface area contributed by atoms with E-state index in [-0.39, 0.29) is 5.75 Å². The van der Waals surface area contributed by atoms with Crippen molar-refractivity contribution in [3.05, 3.63) is 42.5 Å². The Morgan fingerprint density at radius 3 is 2.42 bits per heavy atom. The summed E-state index contributed by atoms with van der Waals surface area (Å²) < 4.78 is 24.4. The van der Waals surface area contributed by atoms with Crippen molar-refractivity contribution >= 4 is 20.6 Å². The van der Waals surface area contributed by atoms with E-state index in [0.29, 0.717) is 17.5 Å². The average molecular weight is 277 g/mol. The molecule has 0 aliphatic rings. The molecular formula is C15H19NO2S. The van der Waals surface area contributed by atoms with Crippen LogP contribution in [0.25, 0.3) is 10.8 Å². The van der Waals surface area contributed by atoms with Crippen LogP contribution in [-0.4, -0.2) is 26.8 Å². The lowest BCUT2D eigenvalue weighted by molar-refractivity contribution is 0.578. The molecule has 0 aliphatic carbocycles. The van der Waals surface area contributed by atoms with Crippen molar-refractivity contribution in [1.82, 2.24) is 5.32 Å². The van der Waals surface area contributed by atoms with Crippen LogP contribution in [0.1, 0.15) is 13.8 Å². The molecule has 0 bridgehead atoms. The Balaban J connectivity index is 2.22. The van der Waals surface area contributed by atoms with Gasteiger partial charge in [-0.25, -0.2) is 8.42 Å². The normalized spacial score (nSPS) is 12.2. The van der Waals surface area contributed by atoms with Crippen molar-refractivity contribution < 1.29 is 8.42 Å². The van der Waals surface area contributed by atoms with Gasteiger partial charge in [-0.3, -0.25) is 0 Å². The summed E-state index contributed by atoms with van der Waals surface area (Å²) >= 11 is 0. The highest BCUT2D eigenvalue weighted by Gasteiger charge is 2.14. The van der Waals surface area contributed by atoms with E-state index in [1.165, 1.54) is 0 Å². The molecule has 102 valence electrons. The number of benzene rings is 2. The largest absolute Gasteiger partial charge is 0.314 e. The molecule has 2 aromatic carbocycles. The van der Waals surface area contributed by atoms with Crippen LogP contribution in [0, 0.1) is 0 Å². The minimum Gasteiger partial charge on any atom is -0.314 e.